The second-order valence-electron chi connectivity index (χ2n) is 5.88. The lowest BCUT2D eigenvalue weighted by atomic mass is 10.0. The summed E-state index contributed by atoms with van der Waals surface area (Å²) in [4.78, 5) is 21.9. The van der Waals surface area contributed by atoms with Gasteiger partial charge in [-0.1, -0.05) is 6.07 Å². The van der Waals surface area contributed by atoms with Crippen LogP contribution in [0.5, 0.6) is 0 Å². The van der Waals surface area contributed by atoms with Crippen LogP contribution in [-0.2, 0) is 18.3 Å². The number of carbonyl (C=O) groups is 1. The van der Waals surface area contributed by atoms with Crippen molar-refractivity contribution in [3.8, 4) is 11.1 Å². The van der Waals surface area contributed by atoms with Crippen LogP contribution in [0.2, 0.25) is 0 Å². The third kappa shape index (κ3) is 1.98. The number of fused-ring (bicyclic) bond motifs is 2. The molecule has 2 N–H and O–H groups in total. The Morgan fingerprint density at radius 2 is 2.13 bits per heavy atom. The summed E-state index contributed by atoms with van der Waals surface area (Å²) in [5, 5.41) is 0.872. The smallest absolute Gasteiger partial charge is 0.223 e. The maximum absolute atomic E-state index is 11.7. The molecule has 4 rings (SSSR count). The van der Waals surface area contributed by atoms with E-state index in [1.807, 2.05) is 34.8 Å². The minimum atomic E-state index is 0.0827. The zero-order chi connectivity index (χ0) is 16.1. The number of nitrogens with two attached hydrogens (primary N) is 1. The van der Waals surface area contributed by atoms with Gasteiger partial charge in [0.05, 0.1) is 5.39 Å². The fourth-order valence-electron chi connectivity index (χ4n) is 3.35. The largest absolute Gasteiger partial charge is 0.383 e. The van der Waals surface area contributed by atoms with Crippen LogP contribution in [0.3, 0.4) is 0 Å². The summed E-state index contributed by atoms with van der Waals surface area (Å²) >= 11 is 0. The van der Waals surface area contributed by atoms with Crippen LogP contribution in [0.4, 0.5) is 11.5 Å². The third-order valence-electron chi connectivity index (χ3n) is 4.45. The fourth-order valence-corrected chi connectivity index (χ4v) is 3.35. The summed E-state index contributed by atoms with van der Waals surface area (Å²) in [5.74, 6) is 0.566. The number of nitrogen functional groups attached to an aromatic ring is 1. The van der Waals surface area contributed by atoms with Gasteiger partial charge in [-0.25, -0.2) is 9.97 Å². The van der Waals surface area contributed by atoms with Crippen LogP contribution in [0.25, 0.3) is 22.2 Å². The lowest BCUT2D eigenvalue weighted by molar-refractivity contribution is -0.116. The quantitative estimate of drug-likeness (QED) is 0.747. The van der Waals surface area contributed by atoms with Crippen LogP contribution in [0.15, 0.2) is 30.7 Å². The summed E-state index contributed by atoms with van der Waals surface area (Å²) in [6.07, 6.45) is 4.38. The molecule has 0 aliphatic carbocycles. The number of aryl methyl sites for hydroxylation is 1. The highest BCUT2D eigenvalue weighted by atomic mass is 16.2. The van der Waals surface area contributed by atoms with E-state index in [1.165, 1.54) is 11.9 Å². The SMILES string of the molecule is CC(=O)N1CCc2cc(-c3cn(C)c4ncnc(N)c34)ccc21. The molecule has 2 aromatic heterocycles. The van der Waals surface area contributed by atoms with E-state index in [9.17, 15) is 4.79 Å². The Balaban J connectivity index is 1.89. The Morgan fingerprint density at radius 3 is 2.91 bits per heavy atom. The van der Waals surface area contributed by atoms with Gasteiger partial charge in [-0.05, 0) is 29.7 Å². The van der Waals surface area contributed by atoms with Gasteiger partial charge in [0.2, 0.25) is 5.91 Å². The van der Waals surface area contributed by atoms with Crippen molar-refractivity contribution < 1.29 is 4.79 Å². The molecule has 1 aromatic carbocycles. The van der Waals surface area contributed by atoms with Crippen molar-refractivity contribution in [3.63, 3.8) is 0 Å². The molecule has 0 saturated carbocycles. The normalized spacial score (nSPS) is 13.6. The predicted molar refractivity (Wildman–Crippen MR) is 90.1 cm³/mol. The van der Waals surface area contributed by atoms with Crippen molar-refractivity contribution in [2.45, 2.75) is 13.3 Å². The molecule has 0 fully saturated rings. The molecular formula is C17H17N5O. The Bertz CT molecular complexity index is 944. The van der Waals surface area contributed by atoms with Gasteiger partial charge in [0.15, 0.2) is 0 Å². The molecule has 1 aliphatic heterocycles. The van der Waals surface area contributed by atoms with E-state index in [2.05, 4.69) is 16.0 Å². The molecule has 3 aromatic rings. The Kier molecular flexibility index (Phi) is 2.87. The van der Waals surface area contributed by atoms with Crippen LogP contribution >= 0.6 is 0 Å². The molecule has 116 valence electrons. The molecule has 6 nitrogen and oxygen atoms in total. The molecule has 1 aliphatic rings. The number of amides is 1. The highest BCUT2D eigenvalue weighted by Gasteiger charge is 2.23. The molecule has 23 heavy (non-hydrogen) atoms. The minimum Gasteiger partial charge on any atom is -0.383 e. The average molecular weight is 307 g/mol. The molecule has 6 heteroatoms. The van der Waals surface area contributed by atoms with Crippen LogP contribution in [0.1, 0.15) is 12.5 Å². The number of anilines is 2. The Labute approximate surface area is 133 Å². The van der Waals surface area contributed by atoms with Crippen LogP contribution in [-0.4, -0.2) is 27.0 Å². The van der Waals surface area contributed by atoms with Crippen LogP contribution in [0, 0.1) is 0 Å². The van der Waals surface area contributed by atoms with Gasteiger partial charge in [0, 0.05) is 38.0 Å². The van der Waals surface area contributed by atoms with Gasteiger partial charge < -0.3 is 15.2 Å². The zero-order valence-corrected chi connectivity index (χ0v) is 13.1. The first-order valence-corrected chi connectivity index (χ1v) is 7.53. The van der Waals surface area contributed by atoms with Gasteiger partial charge >= 0.3 is 0 Å². The molecule has 0 unspecified atom stereocenters. The molecule has 0 atom stereocenters. The zero-order valence-electron chi connectivity index (χ0n) is 13.1. The Hall–Kier alpha value is -2.89. The number of nitrogens with zero attached hydrogens (tertiary/aromatic N) is 4. The Morgan fingerprint density at radius 1 is 1.30 bits per heavy atom. The van der Waals surface area contributed by atoms with Gasteiger partial charge in [-0.15, -0.1) is 0 Å². The van der Waals surface area contributed by atoms with Crippen LogP contribution < -0.4 is 10.6 Å². The number of benzene rings is 1. The number of hydrogen-bond donors (Lipinski definition) is 1. The van der Waals surface area contributed by atoms with E-state index in [4.69, 9.17) is 5.73 Å². The molecule has 0 spiro atoms. The first-order valence-electron chi connectivity index (χ1n) is 7.53. The maximum Gasteiger partial charge on any atom is 0.223 e. The summed E-state index contributed by atoms with van der Waals surface area (Å²) in [6, 6.07) is 6.18. The summed E-state index contributed by atoms with van der Waals surface area (Å²) in [7, 11) is 1.95. The summed E-state index contributed by atoms with van der Waals surface area (Å²) < 4.78 is 1.96. The highest BCUT2D eigenvalue weighted by Crippen LogP contribution is 2.36. The fraction of sp³-hybridized carbons (Fsp3) is 0.235. The van der Waals surface area contributed by atoms with Gasteiger partial charge in [0.25, 0.3) is 0 Å². The predicted octanol–water partition coefficient (Wildman–Crippen LogP) is 2.13. The van der Waals surface area contributed by atoms with Crippen molar-refractivity contribution in [3.05, 3.63) is 36.3 Å². The molecule has 0 saturated heterocycles. The topological polar surface area (TPSA) is 77.0 Å². The van der Waals surface area contributed by atoms with Gasteiger partial charge in [-0.3, -0.25) is 4.79 Å². The van der Waals surface area contributed by atoms with E-state index < -0.39 is 0 Å². The average Bonchev–Trinajstić information content (AvgIpc) is 3.09. The lowest BCUT2D eigenvalue weighted by Gasteiger charge is -2.14. The number of carbonyl (C=O) groups excluding carboxylic acids is 1. The van der Waals surface area contributed by atoms with E-state index in [0.29, 0.717) is 5.82 Å². The van der Waals surface area contributed by atoms with Crippen molar-refractivity contribution in [1.82, 2.24) is 14.5 Å². The van der Waals surface area contributed by atoms with Crippen molar-refractivity contribution >= 4 is 28.4 Å². The molecule has 1 amide bonds. The first kappa shape index (κ1) is 13.8. The summed E-state index contributed by atoms with van der Waals surface area (Å²) in [5.41, 5.74) is 11.2. The van der Waals surface area contributed by atoms with Crippen molar-refractivity contribution in [2.75, 3.05) is 17.2 Å². The second kappa shape index (κ2) is 4.81. The monoisotopic (exact) mass is 307 g/mol. The minimum absolute atomic E-state index is 0.0827. The van der Waals surface area contributed by atoms with E-state index in [-0.39, 0.29) is 5.91 Å². The standard InChI is InChI=1S/C17H17N5O/c1-10(23)22-6-5-12-7-11(3-4-14(12)22)13-8-21(2)17-15(13)16(18)19-9-20-17/h3-4,7-9H,5-6H2,1-2H3,(H2,18,19,20). The van der Waals surface area contributed by atoms with Crippen molar-refractivity contribution in [1.29, 1.82) is 0 Å². The van der Waals surface area contributed by atoms with E-state index in [1.54, 1.807) is 6.92 Å². The van der Waals surface area contributed by atoms with Gasteiger partial charge in [0.1, 0.15) is 17.8 Å². The first-order chi connectivity index (χ1) is 11.1. The maximum atomic E-state index is 11.7. The third-order valence-corrected chi connectivity index (χ3v) is 4.45. The van der Waals surface area contributed by atoms with Gasteiger partial charge in [-0.2, -0.15) is 0 Å². The molecule has 3 heterocycles. The summed E-state index contributed by atoms with van der Waals surface area (Å²) in [6.45, 7) is 2.35. The number of aromatic nitrogens is 3. The molecule has 0 radical (unpaired) electrons. The number of hydrogen-bond acceptors (Lipinski definition) is 4. The molecular weight excluding hydrogens is 290 g/mol. The highest BCUT2D eigenvalue weighted by molar-refractivity contribution is 6.01. The molecule has 0 bridgehead atoms. The number of rotatable bonds is 1. The van der Waals surface area contributed by atoms with E-state index >= 15 is 0 Å². The van der Waals surface area contributed by atoms with Crippen molar-refractivity contribution in [2.24, 2.45) is 7.05 Å². The van der Waals surface area contributed by atoms with E-state index in [0.717, 1.165) is 40.8 Å². The lowest BCUT2D eigenvalue weighted by Crippen LogP contribution is -2.25. The second-order valence-corrected chi connectivity index (χ2v) is 5.88.